The number of rotatable bonds is 5. The van der Waals surface area contributed by atoms with Gasteiger partial charge in [0.2, 0.25) is 5.91 Å². The van der Waals surface area contributed by atoms with Gasteiger partial charge in [-0.15, -0.1) is 0 Å². The third-order valence-corrected chi connectivity index (χ3v) is 6.97. The summed E-state index contributed by atoms with van der Waals surface area (Å²) in [6.45, 7) is 1.06. The van der Waals surface area contributed by atoms with Crippen molar-refractivity contribution in [1.29, 1.82) is 0 Å². The smallest absolute Gasteiger partial charge is 0.323 e. The number of amides is 4. The Bertz CT molecular complexity index is 1320. The van der Waals surface area contributed by atoms with Crippen molar-refractivity contribution in [2.24, 2.45) is 5.92 Å². The molecule has 2 fully saturated rings. The van der Waals surface area contributed by atoms with Gasteiger partial charge in [-0.05, 0) is 31.7 Å². The molecule has 4 amide bonds. The molecule has 12 heteroatoms. The Kier molecular flexibility index (Phi) is 5.08. The summed E-state index contributed by atoms with van der Waals surface area (Å²) in [7, 11) is 0. The van der Waals surface area contributed by atoms with Crippen LogP contribution in [0.25, 0.3) is 21.6 Å². The first-order valence-corrected chi connectivity index (χ1v) is 11.3. The zero-order valence-electron chi connectivity index (χ0n) is 17.8. The lowest BCUT2D eigenvalue weighted by Crippen LogP contribution is -2.46. The summed E-state index contributed by atoms with van der Waals surface area (Å²) in [5, 5.41) is 4.92. The van der Waals surface area contributed by atoms with Gasteiger partial charge in [-0.3, -0.25) is 14.5 Å². The van der Waals surface area contributed by atoms with E-state index >= 15 is 0 Å². The average molecular weight is 489 g/mol. The first-order valence-electron chi connectivity index (χ1n) is 10.4. The highest BCUT2D eigenvalue weighted by atomic mass is 32.1. The molecule has 3 heterocycles. The Morgan fingerprint density at radius 3 is 2.59 bits per heavy atom. The van der Waals surface area contributed by atoms with Crippen LogP contribution in [0.15, 0.2) is 36.4 Å². The number of pyridine rings is 1. The summed E-state index contributed by atoms with van der Waals surface area (Å²) in [5.74, 6) is -1.21. The average Bonchev–Trinajstić information content (AvgIpc) is 3.53. The molecule has 1 atom stereocenters. The van der Waals surface area contributed by atoms with E-state index in [1.54, 1.807) is 37.3 Å². The predicted molar refractivity (Wildman–Crippen MR) is 118 cm³/mol. The predicted octanol–water partition coefficient (Wildman–Crippen LogP) is 4.04. The fourth-order valence-electron chi connectivity index (χ4n) is 4.03. The van der Waals surface area contributed by atoms with Crippen LogP contribution < -0.4 is 10.6 Å². The van der Waals surface area contributed by atoms with Crippen LogP contribution in [0, 0.1) is 5.92 Å². The molecule has 34 heavy (non-hydrogen) atoms. The molecule has 2 N–H and O–H groups in total. The first kappa shape index (κ1) is 22.3. The van der Waals surface area contributed by atoms with Crippen molar-refractivity contribution < 1.29 is 27.6 Å². The van der Waals surface area contributed by atoms with Crippen molar-refractivity contribution in [3.63, 3.8) is 0 Å². The molecule has 8 nitrogen and oxygen atoms in total. The standard InChI is InChI=1S/C22H18F3N5O3S/c1-21(12-7-8-12)18(32)30(20(33)29-21)10-15(31)27-19-28-17-16(34-19)13(22(23,24)25)9-14(26-17)11-5-3-2-4-6-11/h2-6,9,12H,7-8,10H2,1H3,(H,29,33)(H,26,27,28,31). The SMILES string of the molecule is CC1(C2CC2)NC(=O)N(CC(=O)Nc2nc3nc(-c4ccccc4)cc(C(F)(F)F)c3s2)C1=O. The molecule has 0 radical (unpaired) electrons. The number of halogens is 3. The van der Waals surface area contributed by atoms with Gasteiger partial charge >= 0.3 is 12.2 Å². The maximum absolute atomic E-state index is 13.8. The number of hydrogen-bond acceptors (Lipinski definition) is 6. The van der Waals surface area contributed by atoms with Crippen LogP contribution in [0.2, 0.25) is 0 Å². The van der Waals surface area contributed by atoms with Crippen LogP contribution in [0.5, 0.6) is 0 Å². The third kappa shape index (κ3) is 3.87. The maximum Gasteiger partial charge on any atom is 0.417 e. The van der Waals surface area contributed by atoms with Gasteiger partial charge in [-0.1, -0.05) is 41.7 Å². The Balaban J connectivity index is 1.40. The van der Waals surface area contributed by atoms with Crippen LogP contribution >= 0.6 is 11.3 Å². The van der Waals surface area contributed by atoms with Crippen LogP contribution in [0.1, 0.15) is 25.3 Å². The highest BCUT2D eigenvalue weighted by Gasteiger charge is 2.56. The van der Waals surface area contributed by atoms with Gasteiger partial charge in [0, 0.05) is 5.56 Å². The number of alkyl halides is 3. The molecule has 1 saturated heterocycles. The van der Waals surface area contributed by atoms with E-state index in [1.165, 1.54) is 0 Å². The van der Waals surface area contributed by atoms with E-state index < -0.39 is 41.7 Å². The quantitative estimate of drug-likeness (QED) is 0.527. The number of nitrogens with one attached hydrogen (secondary N) is 2. The Morgan fingerprint density at radius 2 is 1.94 bits per heavy atom. The second-order valence-corrected chi connectivity index (χ2v) is 9.44. The van der Waals surface area contributed by atoms with Gasteiger partial charge in [-0.25, -0.2) is 9.78 Å². The summed E-state index contributed by atoms with van der Waals surface area (Å²) in [6.07, 6.45) is -3.03. The number of imide groups is 1. The Labute approximate surface area is 195 Å². The minimum atomic E-state index is -4.66. The molecule has 0 spiro atoms. The lowest BCUT2D eigenvalue weighted by molar-refractivity contribution is -0.136. The van der Waals surface area contributed by atoms with Crippen LogP contribution in [0.3, 0.4) is 0 Å². The number of urea groups is 1. The van der Waals surface area contributed by atoms with Gasteiger partial charge in [0.15, 0.2) is 10.8 Å². The zero-order chi connectivity index (χ0) is 24.3. The van der Waals surface area contributed by atoms with E-state index in [0.29, 0.717) is 16.9 Å². The van der Waals surface area contributed by atoms with Crippen molar-refractivity contribution in [3.8, 4) is 11.3 Å². The first-order chi connectivity index (χ1) is 16.1. The largest absolute Gasteiger partial charge is 0.417 e. The Hall–Kier alpha value is -3.54. The fourth-order valence-corrected chi connectivity index (χ4v) is 4.99. The number of benzene rings is 1. The van der Waals surface area contributed by atoms with Gasteiger partial charge < -0.3 is 10.6 Å². The van der Waals surface area contributed by atoms with Crippen molar-refractivity contribution in [2.45, 2.75) is 31.5 Å². The van der Waals surface area contributed by atoms with Crippen molar-refractivity contribution in [1.82, 2.24) is 20.2 Å². The van der Waals surface area contributed by atoms with Gasteiger partial charge in [0.05, 0.1) is 16.0 Å². The molecule has 2 aliphatic rings. The fraction of sp³-hybridized carbons (Fsp3) is 0.318. The number of anilines is 1. The molecule has 1 saturated carbocycles. The molecule has 0 bridgehead atoms. The van der Waals surface area contributed by atoms with Crippen molar-refractivity contribution >= 4 is 44.7 Å². The molecule has 1 aliphatic heterocycles. The highest BCUT2D eigenvalue weighted by Crippen LogP contribution is 2.43. The second-order valence-electron chi connectivity index (χ2n) is 8.44. The van der Waals surface area contributed by atoms with E-state index in [4.69, 9.17) is 0 Å². The van der Waals surface area contributed by atoms with Crippen LogP contribution in [-0.2, 0) is 15.8 Å². The summed E-state index contributed by atoms with van der Waals surface area (Å²) in [6, 6.07) is 8.66. The van der Waals surface area contributed by atoms with Crippen molar-refractivity contribution in [2.75, 3.05) is 11.9 Å². The number of aromatic nitrogens is 2. The molecule has 1 aliphatic carbocycles. The molecule has 2 aromatic heterocycles. The van der Waals surface area contributed by atoms with E-state index in [-0.39, 0.29) is 27.1 Å². The minimum Gasteiger partial charge on any atom is -0.323 e. The summed E-state index contributed by atoms with van der Waals surface area (Å²) in [5.41, 5.74) is -1.52. The van der Waals surface area contributed by atoms with Crippen LogP contribution in [0.4, 0.5) is 23.1 Å². The van der Waals surface area contributed by atoms with E-state index in [9.17, 15) is 27.6 Å². The normalized spacial score (nSPS) is 20.6. The Morgan fingerprint density at radius 1 is 1.24 bits per heavy atom. The zero-order valence-corrected chi connectivity index (χ0v) is 18.6. The number of hydrogen-bond donors (Lipinski definition) is 2. The monoisotopic (exact) mass is 489 g/mol. The number of thiazole rings is 1. The maximum atomic E-state index is 13.8. The minimum absolute atomic E-state index is 0.0342. The molecular weight excluding hydrogens is 471 g/mol. The topological polar surface area (TPSA) is 104 Å². The van der Waals surface area contributed by atoms with E-state index in [0.717, 1.165) is 23.8 Å². The van der Waals surface area contributed by atoms with Gasteiger partial charge in [-0.2, -0.15) is 18.2 Å². The molecule has 5 rings (SSSR count). The van der Waals surface area contributed by atoms with Gasteiger partial charge in [0.1, 0.15) is 12.1 Å². The van der Waals surface area contributed by atoms with Gasteiger partial charge in [0.25, 0.3) is 5.91 Å². The van der Waals surface area contributed by atoms with Crippen molar-refractivity contribution in [3.05, 3.63) is 42.0 Å². The lowest BCUT2D eigenvalue weighted by atomic mass is 9.96. The molecular formula is C22H18F3N5O3S. The number of carbonyl (C=O) groups is 3. The summed E-state index contributed by atoms with van der Waals surface area (Å²) in [4.78, 5) is 46.6. The second kappa shape index (κ2) is 7.76. The molecule has 3 aromatic rings. The molecule has 1 aromatic carbocycles. The molecule has 176 valence electrons. The summed E-state index contributed by atoms with van der Waals surface area (Å²) < 4.78 is 41.1. The van der Waals surface area contributed by atoms with Crippen LogP contribution in [-0.4, -0.2) is 44.8 Å². The third-order valence-electron chi connectivity index (χ3n) is 5.98. The lowest BCUT2D eigenvalue weighted by Gasteiger charge is -2.20. The number of nitrogens with zero attached hydrogens (tertiary/aromatic N) is 3. The van der Waals surface area contributed by atoms with E-state index in [1.807, 2.05) is 0 Å². The number of carbonyl (C=O) groups excluding carboxylic acids is 3. The highest BCUT2D eigenvalue weighted by molar-refractivity contribution is 7.22. The summed E-state index contributed by atoms with van der Waals surface area (Å²) >= 11 is 0.628. The van der Waals surface area contributed by atoms with E-state index in [2.05, 4.69) is 20.6 Å². The number of fused-ring (bicyclic) bond motifs is 1. The molecule has 1 unspecified atom stereocenters.